The first-order chi connectivity index (χ1) is 24.5. The molecule has 0 spiro atoms. The molecule has 1 N–H and O–H groups in total. The SMILES string of the molecule is CC(C)(C)OC(=O)N(CC(=O)Nc1ccccn1)C1CCN(CCn2c(=O)cnc3ccccc32)CC1.O=CCn1c(=O)cnc2ccccc21. The number of pyridine rings is 1. The zero-order valence-electron chi connectivity index (χ0n) is 29.0. The van der Waals surface area contributed by atoms with Crippen LogP contribution in [-0.4, -0.2) is 90.0 Å². The summed E-state index contributed by atoms with van der Waals surface area (Å²) in [7, 11) is 0. The number of amides is 2. The number of nitrogens with zero attached hydrogens (tertiary/aromatic N) is 7. The maximum absolute atomic E-state index is 13.1. The average molecular weight is 695 g/mol. The largest absolute Gasteiger partial charge is 0.444 e. The van der Waals surface area contributed by atoms with E-state index in [2.05, 4.69) is 25.2 Å². The molecule has 1 saturated heterocycles. The van der Waals surface area contributed by atoms with Crippen molar-refractivity contribution in [2.24, 2.45) is 0 Å². The fraction of sp³-hybridized carbons (Fsp3) is 0.351. The molecule has 0 unspecified atom stereocenters. The molecule has 5 aromatic rings. The molecule has 1 aliphatic heterocycles. The quantitative estimate of drug-likeness (QED) is 0.225. The zero-order chi connectivity index (χ0) is 36.4. The molecule has 51 heavy (non-hydrogen) atoms. The van der Waals surface area contributed by atoms with Crippen molar-refractivity contribution in [3.63, 3.8) is 0 Å². The van der Waals surface area contributed by atoms with Crippen LogP contribution in [0.2, 0.25) is 0 Å². The first-order valence-electron chi connectivity index (χ1n) is 16.8. The summed E-state index contributed by atoms with van der Waals surface area (Å²) in [5, 5.41) is 2.75. The van der Waals surface area contributed by atoms with Gasteiger partial charge in [-0.2, -0.15) is 0 Å². The van der Waals surface area contributed by atoms with Crippen molar-refractivity contribution in [2.75, 3.05) is 31.5 Å². The Bertz CT molecular complexity index is 2080. The summed E-state index contributed by atoms with van der Waals surface area (Å²) in [6, 6.07) is 19.9. The van der Waals surface area contributed by atoms with Crippen LogP contribution in [0.1, 0.15) is 33.6 Å². The molecule has 4 heterocycles. The molecule has 266 valence electrons. The van der Waals surface area contributed by atoms with Gasteiger partial charge in [-0.05, 0) is 70.0 Å². The summed E-state index contributed by atoms with van der Waals surface area (Å²) in [5.41, 5.74) is 1.96. The number of carbonyl (C=O) groups excluding carboxylic acids is 3. The zero-order valence-corrected chi connectivity index (χ0v) is 29.0. The third-order valence-corrected chi connectivity index (χ3v) is 8.27. The van der Waals surface area contributed by atoms with E-state index < -0.39 is 11.7 Å². The van der Waals surface area contributed by atoms with E-state index in [1.807, 2.05) is 57.2 Å². The smallest absolute Gasteiger partial charge is 0.411 e. The lowest BCUT2D eigenvalue weighted by atomic mass is 10.0. The van der Waals surface area contributed by atoms with Crippen LogP contribution < -0.4 is 16.4 Å². The maximum atomic E-state index is 13.1. The number of ether oxygens (including phenoxy) is 1. The van der Waals surface area contributed by atoms with Crippen LogP contribution in [0.5, 0.6) is 0 Å². The van der Waals surface area contributed by atoms with Crippen molar-refractivity contribution in [1.29, 1.82) is 0 Å². The van der Waals surface area contributed by atoms with E-state index in [0.29, 0.717) is 49.1 Å². The Morgan fingerprint density at radius 2 is 1.43 bits per heavy atom. The highest BCUT2D eigenvalue weighted by Crippen LogP contribution is 2.20. The molecule has 0 saturated carbocycles. The summed E-state index contributed by atoms with van der Waals surface area (Å²) in [6.07, 6.45) is 5.78. The number of likely N-dealkylation sites (tertiary alicyclic amines) is 1. The Labute approximate surface area is 294 Å². The number of benzene rings is 2. The topological polar surface area (TPSA) is 162 Å². The van der Waals surface area contributed by atoms with Gasteiger partial charge in [0.05, 0.1) is 41.0 Å². The summed E-state index contributed by atoms with van der Waals surface area (Å²) in [6.45, 7) is 8.12. The highest BCUT2D eigenvalue weighted by Gasteiger charge is 2.32. The normalized spacial score (nSPS) is 13.6. The summed E-state index contributed by atoms with van der Waals surface area (Å²) < 4.78 is 8.78. The lowest BCUT2D eigenvalue weighted by Crippen LogP contribution is -2.51. The van der Waals surface area contributed by atoms with E-state index in [-0.39, 0.29) is 36.2 Å². The minimum Gasteiger partial charge on any atom is -0.444 e. The van der Waals surface area contributed by atoms with Crippen LogP contribution in [0.3, 0.4) is 0 Å². The lowest BCUT2D eigenvalue weighted by molar-refractivity contribution is -0.118. The Kier molecular flexibility index (Phi) is 12.0. The molecule has 2 amide bonds. The van der Waals surface area contributed by atoms with Gasteiger partial charge in [0, 0.05) is 38.4 Å². The van der Waals surface area contributed by atoms with Gasteiger partial charge in [-0.15, -0.1) is 0 Å². The number of aromatic nitrogens is 5. The number of carbonyl (C=O) groups is 3. The van der Waals surface area contributed by atoms with Crippen LogP contribution in [-0.2, 0) is 27.4 Å². The molecule has 0 bridgehead atoms. The van der Waals surface area contributed by atoms with Crippen LogP contribution >= 0.6 is 0 Å². The third kappa shape index (κ3) is 9.91. The van der Waals surface area contributed by atoms with Crippen molar-refractivity contribution in [3.05, 3.63) is 106 Å². The second kappa shape index (κ2) is 16.8. The second-order valence-electron chi connectivity index (χ2n) is 13.0. The first-order valence-corrected chi connectivity index (χ1v) is 16.8. The van der Waals surface area contributed by atoms with Gasteiger partial charge in [-0.1, -0.05) is 30.3 Å². The number of anilines is 1. The Hall–Kier alpha value is -5.76. The molecule has 6 rings (SSSR count). The number of hydrogen-bond donors (Lipinski definition) is 1. The third-order valence-electron chi connectivity index (χ3n) is 8.27. The Morgan fingerprint density at radius 3 is 2.02 bits per heavy atom. The highest BCUT2D eigenvalue weighted by atomic mass is 16.6. The van der Waals surface area contributed by atoms with Crippen LogP contribution in [0.25, 0.3) is 22.1 Å². The average Bonchev–Trinajstić information content (AvgIpc) is 3.12. The van der Waals surface area contributed by atoms with Crippen LogP contribution in [0, 0.1) is 0 Å². The van der Waals surface area contributed by atoms with Crippen molar-refractivity contribution in [3.8, 4) is 0 Å². The molecule has 14 nitrogen and oxygen atoms in total. The van der Waals surface area contributed by atoms with E-state index in [1.54, 1.807) is 41.1 Å². The van der Waals surface area contributed by atoms with Crippen LogP contribution in [0.4, 0.5) is 10.6 Å². The highest BCUT2D eigenvalue weighted by molar-refractivity contribution is 5.93. The van der Waals surface area contributed by atoms with E-state index in [0.717, 1.165) is 24.1 Å². The maximum Gasteiger partial charge on any atom is 0.411 e. The Morgan fingerprint density at radius 1 is 0.843 bits per heavy atom. The minimum absolute atomic E-state index is 0.0713. The fourth-order valence-electron chi connectivity index (χ4n) is 5.86. The Balaban J connectivity index is 0.000000299. The second-order valence-corrected chi connectivity index (χ2v) is 13.0. The number of piperidine rings is 1. The van der Waals surface area contributed by atoms with Gasteiger partial charge in [0.25, 0.3) is 11.1 Å². The van der Waals surface area contributed by atoms with E-state index >= 15 is 0 Å². The van der Waals surface area contributed by atoms with Crippen molar-refractivity contribution >= 4 is 46.2 Å². The van der Waals surface area contributed by atoms with Gasteiger partial charge in [0.2, 0.25) is 5.91 Å². The van der Waals surface area contributed by atoms with Gasteiger partial charge in [-0.3, -0.25) is 23.9 Å². The molecule has 1 fully saturated rings. The summed E-state index contributed by atoms with van der Waals surface area (Å²) in [5.74, 6) is 0.112. The minimum atomic E-state index is -0.673. The predicted octanol–water partition coefficient (Wildman–Crippen LogP) is 3.73. The number of fused-ring (bicyclic) bond motifs is 2. The number of hydrogen-bond acceptors (Lipinski definition) is 10. The van der Waals surface area contributed by atoms with Crippen molar-refractivity contribution < 1.29 is 19.1 Å². The van der Waals surface area contributed by atoms with E-state index in [1.165, 1.54) is 21.9 Å². The predicted molar refractivity (Wildman–Crippen MR) is 193 cm³/mol. The molecule has 2 aromatic carbocycles. The van der Waals surface area contributed by atoms with Crippen LogP contribution in [0.15, 0.2) is 94.9 Å². The molecule has 0 radical (unpaired) electrons. The van der Waals surface area contributed by atoms with Gasteiger partial charge >= 0.3 is 6.09 Å². The van der Waals surface area contributed by atoms with Gasteiger partial charge < -0.3 is 24.3 Å². The first kappa shape index (κ1) is 36.5. The van der Waals surface area contributed by atoms with Gasteiger partial charge in [0.1, 0.15) is 24.2 Å². The molecular formula is C37H42N8O6. The molecule has 14 heteroatoms. The lowest BCUT2D eigenvalue weighted by Gasteiger charge is -2.38. The number of rotatable bonds is 9. The molecule has 3 aromatic heterocycles. The standard InChI is InChI=1S/C27H34N6O4.C10H8N2O2/c1-27(2,3)37-26(36)33(19-24(34)30-23-10-6-7-13-28-23)20-11-14-31(15-12-20)16-17-32-22-9-5-4-8-21(22)29-18-25(32)35;13-6-5-12-9-4-2-1-3-8(9)11-7-10(12)14/h4-10,13,18,20H,11-12,14-17,19H2,1-3H3,(H,28,30,34);1-4,6-7H,5H2. The summed E-state index contributed by atoms with van der Waals surface area (Å²) in [4.78, 5) is 76.1. The van der Waals surface area contributed by atoms with Gasteiger partial charge in [0.15, 0.2) is 0 Å². The van der Waals surface area contributed by atoms with E-state index in [4.69, 9.17) is 4.74 Å². The molecule has 0 aliphatic carbocycles. The fourth-order valence-corrected chi connectivity index (χ4v) is 5.86. The molecule has 1 aliphatic rings. The molecular weight excluding hydrogens is 652 g/mol. The summed E-state index contributed by atoms with van der Waals surface area (Å²) >= 11 is 0. The monoisotopic (exact) mass is 694 g/mol. The molecule has 0 atom stereocenters. The number of para-hydroxylation sites is 4. The van der Waals surface area contributed by atoms with E-state index in [9.17, 15) is 24.0 Å². The van der Waals surface area contributed by atoms with Gasteiger partial charge in [-0.25, -0.2) is 19.7 Å². The number of nitrogens with one attached hydrogen (secondary N) is 1. The number of aldehydes is 1. The van der Waals surface area contributed by atoms with Crippen molar-refractivity contribution in [1.82, 2.24) is 33.9 Å². The van der Waals surface area contributed by atoms with Crippen molar-refractivity contribution in [2.45, 2.75) is 58.3 Å².